The molecule has 52 heavy (non-hydrogen) atoms. The van der Waals surface area contributed by atoms with E-state index in [2.05, 4.69) is 10.4 Å². The molecular formula is C36H29Cl2F3N4O7. The maximum absolute atomic E-state index is 15.2. The summed E-state index contributed by atoms with van der Waals surface area (Å²) in [6.07, 6.45) is -2.88. The van der Waals surface area contributed by atoms with Gasteiger partial charge in [0.25, 0.3) is 11.8 Å². The largest absolute Gasteiger partial charge is 0.508 e. The molecule has 4 aliphatic rings. The number of likely N-dealkylation sites (tertiary alicyclic amines) is 1. The fourth-order valence-corrected chi connectivity index (χ4v) is 8.84. The molecule has 0 radical (unpaired) electrons. The molecule has 16 heteroatoms. The highest BCUT2D eigenvalue weighted by atomic mass is 35.5. The Kier molecular flexibility index (Phi) is 8.61. The van der Waals surface area contributed by atoms with Crippen molar-refractivity contribution in [1.29, 1.82) is 0 Å². The minimum Gasteiger partial charge on any atom is -0.508 e. The summed E-state index contributed by atoms with van der Waals surface area (Å²) in [5.41, 5.74) is 1.64. The molecule has 6 atom stereocenters. The van der Waals surface area contributed by atoms with Gasteiger partial charge in [-0.1, -0.05) is 59.1 Å². The number of hydrogen-bond acceptors (Lipinski definition) is 8. The average molecular weight is 758 g/mol. The third kappa shape index (κ3) is 5.42. The Hall–Kier alpha value is -4.95. The van der Waals surface area contributed by atoms with E-state index >= 15 is 4.79 Å². The SMILES string of the molecule is Cc1cc([C@H]2C3=CC[C@@H]4C(=O)N(CCC(=O)O)C(=O)[C@@H]4[C@@H]3C[C@H]3C(=O)N(Nc4ncc(C(F)(F)F)cc4Cl)C(=O)[C@@]23c2ccc(Cl)cc2)ccc1O. The number of carboxylic acid groups (broad SMARTS) is 1. The number of phenols is 1. The maximum atomic E-state index is 15.2. The summed E-state index contributed by atoms with van der Waals surface area (Å²) >= 11 is 12.5. The van der Waals surface area contributed by atoms with E-state index < -0.39 is 87.8 Å². The minimum atomic E-state index is -4.76. The van der Waals surface area contributed by atoms with Crippen molar-refractivity contribution in [3.8, 4) is 5.75 Å². The Bertz CT molecular complexity index is 2090. The highest BCUT2D eigenvalue weighted by molar-refractivity contribution is 6.33. The van der Waals surface area contributed by atoms with Crippen LogP contribution in [0.1, 0.15) is 47.4 Å². The fourth-order valence-electron chi connectivity index (χ4n) is 8.51. The standard InChI is InChI=1S/C36H29Cl2F3N4O7/c1-16-12-17(2-9-26(16)46)29-21-7-8-22-28(33(51)44(31(22)49)11-10-27(47)48)23(21)14-24-32(50)45(34(52)35(24,29)18-3-5-20(37)6-4-18)43-30-25(38)13-19(15-42-30)36(39,40)41/h2-7,9,12-13,15,22-24,28-29,46H,8,10-11,14H2,1H3,(H,42,43)(H,47,48)/t22-,23+,24-,28-,29-,35+/m0/s1. The molecule has 3 N–H and O–H groups in total. The fraction of sp³-hybridized carbons (Fsp3) is 0.333. The van der Waals surface area contributed by atoms with E-state index in [1.165, 1.54) is 6.07 Å². The van der Waals surface area contributed by atoms with E-state index in [4.69, 9.17) is 23.2 Å². The Morgan fingerprint density at radius 1 is 1.02 bits per heavy atom. The van der Waals surface area contributed by atoms with Gasteiger partial charge in [0, 0.05) is 23.7 Å². The highest BCUT2D eigenvalue weighted by Gasteiger charge is 2.70. The molecule has 7 rings (SSSR count). The number of hydrazine groups is 1. The number of carbonyl (C=O) groups excluding carboxylic acids is 4. The zero-order chi connectivity index (χ0) is 37.4. The number of aromatic hydroxyl groups is 1. The summed E-state index contributed by atoms with van der Waals surface area (Å²) in [6.45, 7) is 1.33. The van der Waals surface area contributed by atoms with Crippen LogP contribution in [-0.4, -0.2) is 61.2 Å². The quantitative estimate of drug-likeness (QED) is 0.198. The van der Waals surface area contributed by atoms with Gasteiger partial charge in [-0.05, 0) is 66.6 Å². The van der Waals surface area contributed by atoms with Crippen LogP contribution in [0.15, 0.2) is 66.4 Å². The number of alkyl halides is 3. The van der Waals surface area contributed by atoms with Crippen molar-refractivity contribution in [2.24, 2.45) is 23.7 Å². The number of pyridine rings is 1. The van der Waals surface area contributed by atoms with Crippen LogP contribution >= 0.6 is 23.2 Å². The molecule has 11 nitrogen and oxygen atoms in total. The molecule has 270 valence electrons. The molecule has 0 spiro atoms. The number of allylic oxidation sites excluding steroid dienone is 2. The molecule has 3 heterocycles. The number of carbonyl (C=O) groups is 5. The van der Waals surface area contributed by atoms with Gasteiger partial charge in [0.05, 0.1) is 40.2 Å². The van der Waals surface area contributed by atoms with Crippen LogP contribution in [0, 0.1) is 30.6 Å². The van der Waals surface area contributed by atoms with Crippen LogP contribution in [0.3, 0.4) is 0 Å². The van der Waals surface area contributed by atoms with Crippen molar-refractivity contribution in [3.05, 3.63) is 98.7 Å². The molecule has 3 aromatic rings. The van der Waals surface area contributed by atoms with Gasteiger partial charge in [0.15, 0.2) is 5.82 Å². The molecule has 4 amide bonds. The molecule has 2 aliphatic carbocycles. The molecule has 1 saturated carbocycles. The lowest BCUT2D eigenvalue weighted by Gasteiger charge is -2.50. The lowest BCUT2D eigenvalue weighted by molar-refractivity contribution is -0.143. The second kappa shape index (κ2) is 12.6. The molecule has 0 unspecified atom stereocenters. The van der Waals surface area contributed by atoms with Gasteiger partial charge >= 0.3 is 12.1 Å². The van der Waals surface area contributed by atoms with Crippen LogP contribution in [0.25, 0.3) is 0 Å². The molecule has 1 aromatic heterocycles. The number of anilines is 1. The van der Waals surface area contributed by atoms with Gasteiger partial charge in [-0.3, -0.25) is 34.3 Å². The number of fused-ring (bicyclic) bond motifs is 4. The molecule has 2 aromatic carbocycles. The molecule has 2 saturated heterocycles. The Morgan fingerprint density at radius 3 is 2.37 bits per heavy atom. The summed E-state index contributed by atoms with van der Waals surface area (Å²) in [7, 11) is 0. The summed E-state index contributed by atoms with van der Waals surface area (Å²) < 4.78 is 40.2. The van der Waals surface area contributed by atoms with Crippen molar-refractivity contribution < 1.29 is 47.4 Å². The first-order valence-corrected chi connectivity index (χ1v) is 17.0. The molecule has 3 fully saturated rings. The average Bonchev–Trinajstić information content (AvgIpc) is 3.46. The first-order chi connectivity index (χ1) is 24.5. The minimum absolute atomic E-state index is 0.0309. The van der Waals surface area contributed by atoms with Crippen molar-refractivity contribution in [2.75, 3.05) is 12.0 Å². The number of benzene rings is 2. The number of aryl methyl sites for hydroxylation is 1. The van der Waals surface area contributed by atoms with Gasteiger partial charge in [-0.15, -0.1) is 0 Å². The number of carboxylic acids is 1. The number of hydrogen-bond donors (Lipinski definition) is 3. The normalized spacial score (nSPS) is 27.0. The third-order valence-corrected chi connectivity index (χ3v) is 11.3. The predicted octanol–water partition coefficient (Wildman–Crippen LogP) is 5.88. The van der Waals surface area contributed by atoms with E-state index in [1.54, 1.807) is 49.4 Å². The number of rotatable bonds is 7. The lowest BCUT2D eigenvalue weighted by atomic mass is 9.49. The van der Waals surface area contributed by atoms with E-state index in [9.17, 15) is 42.6 Å². The van der Waals surface area contributed by atoms with Crippen molar-refractivity contribution in [3.63, 3.8) is 0 Å². The van der Waals surface area contributed by atoms with E-state index in [-0.39, 0.29) is 31.0 Å². The first kappa shape index (κ1) is 35.5. The Balaban J connectivity index is 1.41. The van der Waals surface area contributed by atoms with Crippen molar-refractivity contribution in [2.45, 2.75) is 43.7 Å². The smallest absolute Gasteiger partial charge is 0.417 e. The predicted molar refractivity (Wildman–Crippen MR) is 179 cm³/mol. The number of amides is 4. The summed E-state index contributed by atoms with van der Waals surface area (Å²) in [4.78, 5) is 73.4. The van der Waals surface area contributed by atoms with Gasteiger partial charge in [0.1, 0.15) is 5.75 Å². The molecule has 0 bridgehead atoms. The zero-order valence-electron chi connectivity index (χ0n) is 27.2. The number of imide groups is 2. The number of aromatic nitrogens is 1. The summed E-state index contributed by atoms with van der Waals surface area (Å²) in [5, 5.41) is 20.3. The van der Waals surface area contributed by atoms with Crippen LogP contribution in [0.2, 0.25) is 10.0 Å². The van der Waals surface area contributed by atoms with Crippen molar-refractivity contribution >= 4 is 58.6 Å². The maximum Gasteiger partial charge on any atom is 0.417 e. The second-order valence-electron chi connectivity index (χ2n) is 13.4. The van der Waals surface area contributed by atoms with Gasteiger partial charge in [0.2, 0.25) is 11.8 Å². The van der Waals surface area contributed by atoms with E-state index in [0.29, 0.717) is 44.6 Å². The van der Waals surface area contributed by atoms with Gasteiger partial charge in [-0.2, -0.15) is 18.2 Å². The number of nitrogens with zero attached hydrogens (tertiary/aromatic N) is 3. The zero-order valence-corrected chi connectivity index (χ0v) is 28.7. The molecule has 2 aliphatic heterocycles. The first-order valence-electron chi connectivity index (χ1n) is 16.3. The summed E-state index contributed by atoms with van der Waals surface area (Å²) in [5.74, 6) is -8.96. The monoisotopic (exact) mass is 756 g/mol. The van der Waals surface area contributed by atoms with Gasteiger partial charge < -0.3 is 10.2 Å². The van der Waals surface area contributed by atoms with E-state index in [1.807, 2.05) is 0 Å². The van der Waals surface area contributed by atoms with Crippen LogP contribution in [0.4, 0.5) is 19.0 Å². The van der Waals surface area contributed by atoms with Crippen LogP contribution in [0.5, 0.6) is 5.75 Å². The van der Waals surface area contributed by atoms with E-state index in [0.717, 1.165) is 4.90 Å². The summed E-state index contributed by atoms with van der Waals surface area (Å²) in [6, 6.07) is 11.7. The Labute approximate surface area is 304 Å². The lowest BCUT2D eigenvalue weighted by Crippen LogP contribution is -2.53. The number of phenolic OH excluding ortho intramolecular Hbond substituents is 1. The number of halogens is 5. The highest BCUT2D eigenvalue weighted by Crippen LogP contribution is 2.64. The van der Waals surface area contributed by atoms with Crippen LogP contribution in [-0.2, 0) is 35.6 Å². The second-order valence-corrected chi connectivity index (χ2v) is 14.3. The topological polar surface area (TPSA) is 157 Å². The molecular weight excluding hydrogens is 728 g/mol. The number of aliphatic carboxylic acids is 1. The third-order valence-electron chi connectivity index (χ3n) is 10.8. The van der Waals surface area contributed by atoms with Gasteiger partial charge in [-0.25, -0.2) is 4.98 Å². The number of nitrogens with one attached hydrogen (secondary N) is 1. The van der Waals surface area contributed by atoms with Crippen molar-refractivity contribution in [1.82, 2.24) is 14.9 Å². The Morgan fingerprint density at radius 2 is 1.73 bits per heavy atom. The van der Waals surface area contributed by atoms with Crippen LogP contribution < -0.4 is 5.43 Å².